The highest BCUT2D eigenvalue weighted by atomic mass is 32.1. The van der Waals surface area contributed by atoms with Crippen LogP contribution in [0.3, 0.4) is 0 Å². The van der Waals surface area contributed by atoms with Crippen LogP contribution in [0.5, 0.6) is 0 Å². The molecule has 0 atom stereocenters. The predicted octanol–water partition coefficient (Wildman–Crippen LogP) is 1.65. The van der Waals surface area contributed by atoms with Crippen LogP contribution in [-0.4, -0.2) is 21.9 Å². The van der Waals surface area contributed by atoms with Crippen LogP contribution in [0.25, 0.3) is 0 Å². The molecule has 23 heavy (non-hydrogen) atoms. The number of rotatable bonds is 2. The Balaban J connectivity index is 1.88. The number of nitrogens with zero attached hydrogens (tertiary/aromatic N) is 1. The summed E-state index contributed by atoms with van der Waals surface area (Å²) in [6, 6.07) is 8.49. The van der Waals surface area contributed by atoms with E-state index in [1.165, 1.54) is 12.4 Å². The molecule has 118 valence electrons. The first-order valence-corrected chi connectivity index (χ1v) is 7.27. The molecule has 2 aromatic rings. The third kappa shape index (κ3) is 4.58. The number of hydrogen-bond acceptors (Lipinski definition) is 4. The van der Waals surface area contributed by atoms with Crippen molar-refractivity contribution in [3.8, 4) is 0 Å². The van der Waals surface area contributed by atoms with Gasteiger partial charge in [0.25, 0.3) is 11.8 Å². The van der Waals surface area contributed by atoms with Gasteiger partial charge in [-0.15, -0.1) is 0 Å². The van der Waals surface area contributed by atoms with Crippen molar-refractivity contribution in [3.63, 3.8) is 0 Å². The topological polar surface area (TPSA) is 83.1 Å². The molecule has 0 aliphatic carbocycles. The van der Waals surface area contributed by atoms with Crippen LogP contribution in [-0.2, 0) is 0 Å². The zero-order valence-corrected chi connectivity index (χ0v) is 13.5. The molecule has 0 saturated heterocycles. The van der Waals surface area contributed by atoms with E-state index in [4.69, 9.17) is 12.2 Å². The lowest BCUT2D eigenvalue weighted by Gasteiger charge is -2.11. The zero-order chi connectivity index (χ0) is 16.8. The quantitative estimate of drug-likeness (QED) is 0.577. The van der Waals surface area contributed by atoms with Crippen LogP contribution in [0.4, 0.5) is 0 Å². The number of aromatic nitrogens is 1. The summed E-state index contributed by atoms with van der Waals surface area (Å²) >= 11 is 4.99. The van der Waals surface area contributed by atoms with Crippen molar-refractivity contribution >= 4 is 29.1 Å². The van der Waals surface area contributed by atoms with Gasteiger partial charge in [0.2, 0.25) is 0 Å². The molecule has 2 amide bonds. The Morgan fingerprint density at radius 1 is 0.913 bits per heavy atom. The summed E-state index contributed by atoms with van der Waals surface area (Å²) in [4.78, 5) is 27.7. The third-order valence-corrected chi connectivity index (χ3v) is 3.43. The van der Waals surface area contributed by atoms with E-state index in [1.54, 1.807) is 24.3 Å². The van der Waals surface area contributed by atoms with Gasteiger partial charge in [0.05, 0.1) is 0 Å². The van der Waals surface area contributed by atoms with Crippen LogP contribution in [0.1, 0.15) is 31.8 Å². The van der Waals surface area contributed by atoms with E-state index in [0.717, 1.165) is 11.1 Å². The SMILES string of the molecule is Cc1ccc(C(=O)NC(=S)NNC(=O)c2ccncc2)cc1C. The van der Waals surface area contributed by atoms with Gasteiger partial charge in [-0.1, -0.05) is 6.07 Å². The summed E-state index contributed by atoms with van der Waals surface area (Å²) in [5.74, 6) is -0.723. The number of aryl methyl sites for hydroxylation is 2. The molecule has 0 saturated carbocycles. The van der Waals surface area contributed by atoms with Gasteiger partial charge in [0, 0.05) is 23.5 Å². The van der Waals surface area contributed by atoms with Crippen LogP contribution in [0.2, 0.25) is 0 Å². The number of amides is 2. The minimum absolute atomic E-state index is 0.00985. The van der Waals surface area contributed by atoms with Gasteiger partial charge in [-0.3, -0.25) is 30.7 Å². The lowest BCUT2D eigenvalue weighted by Crippen LogP contribution is -2.48. The lowest BCUT2D eigenvalue weighted by atomic mass is 10.1. The Kier molecular flexibility index (Phi) is 5.37. The van der Waals surface area contributed by atoms with Crippen molar-refractivity contribution < 1.29 is 9.59 Å². The maximum atomic E-state index is 12.1. The highest BCUT2D eigenvalue weighted by molar-refractivity contribution is 7.80. The maximum absolute atomic E-state index is 12.1. The van der Waals surface area contributed by atoms with E-state index in [2.05, 4.69) is 21.2 Å². The molecule has 0 bridgehead atoms. The van der Waals surface area contributed by atoms with Crippen LogP contribution in [0.15, 0.2) is 42.7 Å². The molecule has 0 spiro atoms. The first kappa shape index (κ1) is 16.6. The summed E-state index contributed by atoms with van der Waals surface area (Å²) in [5, 5.41) is 2.51. The van der Waals surface area contributed by atoms with Gasteiger partial charge in [0.1, 0.15) is 0 Å². The third-order valence-electron chi connectivity index (χ3n) is 3.23. The summed E-state index contributed by atoms with van der Waals surface area (Å²) in [6.07, 6.45) is 3.02. The second-order valence-electron chi connectivity index (χ2n) is 4.90. The van der Waals surface area contributed by atoms with Crippen LogP contribution >= 0.6 is 12.2 Å². The molecule has 3 N–H and O–H groups in total. The number of carbonyl (C=O) groups excluding carboxylic acids is 2. The summed E-state index contributed by atoms with van der Waals surface area (Å²) in [7, 11) is 0. The highest BCUT2D eigenvalue weighted by Gasteiger charge is 2.10. The number of nitrogens with one attached hydrogen (secondary N) is 3. The van der Waals surface area contributed by atoms with E-state index in [0.29, 0.717) is 11.1 Å². The van der Waals surface area contributed by atoms with Crippen molar-refractivity contribution in [3.05, 3.63) is 65.0 Å². The average molecular weight is 328 g/mol. The lowest BCUT2D eigenvalue weighted by molar-refractivity contribution is 0.0934. The van der Waals surface area contributed by atoms with Crippen LogP contribution < -0.4 is 16.2 Å². The largest absolute Gasteiger partial charge is 0.298 e. The van der Waals surface area contributed by atoms with E-state index in [-0.39, 0.29) is 16.9 Å². The standard InChI is InChI=1S/C16H16N4O2S/c1-10-3-4-13(9-11(10)2)14(21)18-16(23)20-19-15(22)12-5-7-17-8-6-12/h3-9H,1-2H3,(H,19,22)(H2,18,20,21,23). The number of hydrogen-bond donors (Lipinski definition) is 3. The summed E-state index contributed by atoms with van der Waals surface area (Å²) < 4.78 is 0. The number of carbonyl (C=O) groups is 2. The van der Waals surface area contributed by atoms with Gasteiger partial charge >= 0.3 is 0 Å². The summed E-state index contributed by atoms with van der Waals surface area (Å²) in [6.45, 7) is 3.90. The second kappa shape index (κ2) is 7.46. The number of thiocarbonyl (C=S) groups is 1. The maximum Gasteiger partial charge on any atom is 0.269 e. The Hall–Kier alpha value is -2.80. The Bertz CT molecular complexity index is 747. The van der Waals surface area contributed by atoms with Crippen molar-refractivity contribution in [2.45, 2.75) is 13.8 Å². The molecular weight excluding hydrogens is 312 g/mol. The highest BCUT2D eigenvalue weighted by Crippen LogP contribution is 2.09. The first-order valence-electron chi connectivity index (χ1n) is 6.86. The van der Waals surface area contributed by atoms with Gasteiger partial charge in [-0.05, 0) is 61.5 Å². The van der Waals surface area contributed by atoms with Gasteiger partial charge in [0.15, 0.2) is 5.11 Å². The van der Waals surface area contributed by atoms with Gasteiger partial charge in [-0.2, -0.15) is 0 Å². The van der Waals surface area contributed by atoms with E-state index >= 15 is 0 Å². The zero-order valence-electron chi connectivity index (χ0n) is 12.7. The number of benzene rings is 1. The Morgan fingerprint density at radius 3 is 2.26 bits per heavy atom. The molecule has 6 nitrogen and oxygen atoms in total. The fraction of sp³-hybridized carbons (Fsp3) is 0.125. The van der Waals surface area contributed by atoms with Crippen molar-refractivity contribution in [2.24, 2.45) is 0 Å². The predicted molar refractivity (Wildman–Crippen MR) is 90.8 cm³/mol. The first-order chi connectivity index (χ1) is 11.0. The monoisotopic (exact) mass is 328 g/mol. The van der Waals surface area contributed by atoms with Crippen LogP contribution in [0, 0.1) is 13.8 Å². The molecule has 0 unspecified atom stereocenters. The van der Waals surface area contributed by atoms with Crippen molar-refractivity contribution in [2.75, 3.05) is 0 Å². The molecule has 1 aromatic carbocycles. The second-order valence-corrected chi connectivity index (χ2v) is 5.31. The molecule has 0 aliphatic rings. The van der Waals surface area contributed by atoms with E-state index < -0.39 is 0 Å². The minimum atomic E-state index is -0.379. The summed E-state index contributed by atoms with van der Waals surface area (Å²) in [5.41, 5.74) is 7.93. The van der Waals surface area contributed by atoms with Gasteiger partial charge < -0.3 is 0 Å². The normalized spacial score (nSPS) is 9.83. The molecule has 2 rings (SSSR count). The fourth-order valence-electron chi connectivity index (χ4n) is 1.78. The van der Waals surface area contributed by atoms with Crippen molar-refractivity contribution in [1.29, 1.82) is 0 Å². The minimum Gasteiger partial charge on any atom is -0.298 e. The molecule has 0 fully saturated rings. The smallest absolute Gasteiger partial charge is 0.269 e. The Morgan fingerprint density at radius 2 is 1.61 bits per heavy atom. The van der Waals surface area contributed by atoms with Crippen molar-refractivity contribution in [1.82, 2.24) is 21.2 Å². The fourth-order valence-corrected chi connectivity index (χ4v) is 1.92. The molecule has 1 aromatic heterocycles. The average Bonchev–Trinajstić information content (AvgIpc) is 2.55. The molecule has 0 aliphatic heterocycles. The molecule has 1 heterocycles. The number of hydrazine groups is 1. The van der Waals surface area contributed by atoms with E-state index in [9.17, 15) is 9.59 Å². The van der Waals surface area contributed by atoms with Gasteiger partial charge in [-0.25, -0.2) is 0 Å². The van der Waals surface area contributed by atoms with E-state index in [1.807, 2.05) is 19.9 Å². The Labute approximate surface area is 139 Å². The number of pyridine rings is 1. The molecule has 0 radical (unpaired) electrons. The molecule has 7 heteroatoms. The molecular formula is C16H16N4O2S.